The molecule has 8 nitrogen and oxygen atoms in total. The van der Waals surface area contributed by atoms with Crippen LogP contribution in [0.1, 0.15) is 18.4 Å². The summed E-state index contributed by atoms with van der Waals surface area (Å²) >= 11 is 1.59. The molecule has 4 aliphatic heterocycles. The number of urea groups is 1. The van der Waals surface area contributed by atoms with Crippen LogP contribution < -0.4 is 20.3 Å². The Morgan fingerprint density at radius 2 is 1.92 bits per heavy atom. The Kier molecular flexibility index (Phi) is 6.38. The number of ether oxygens (including phenoxy) is 1. The zero-order valence-corrected chi connectivity index (χ0v) is 22.3. The number of benzene rings is 2. The molecule has 0 spiro atoms. The molecule has 0 bridgehead atoms. The van der Waals surface area contributed by atoms with E-state index in [1.807, 2.05) is 65.3 Å². The van der Waals surface area contributed by atoms with Gasteiger partial charge in [-0.2, -0.15) is 0 Å². The third-order valence-corrected chi connectivity index (χ3v) is 9.27. The van der Waals surface area contributed by atoms with Crippen LogP contribution in [0.5, 0.6) is 11.5 Å². The van der Waals surface area contributed by atoms with E-state index in [9.17, 15) is 9.59 Å². The fourth-order valence-corrected chi connectivity index (χ4v) is 7.43. The Morgan fingerprint density at radius 3 is 2.65 bits per heavy atom. The van der Waals surface area contributed by atoms with Crippen molar-refractivity contribution in [1.82, 2.24) is 20.4 Å². The van der Waals surface area contributed by atoms with Crippen LogP contribution in [0.25, 0.3) is 0 Å². The van der Waals surface area contributed by atoms with Crippen LogP contribution in [0.15, 0.2) is 59.1 Å². The molecule has 3 saturated heterocycles. The van der Waals surface area contributed by atoms with Crippen molar-refractivity contribution in [3.05, 3.63) is 64.7 Å². The minimum Gasteiger partial charge on any atom is -0.457 e. The number of hydrogen-bond donors (Lipinski definition) is 2. The highest BCUT2D eigenvalue weighted by Crippen LogP contribution is 2.49. The molecule has 4 heterocycles. The number of carbonyl (C=O) groups excluding carboxylic acids is 2. The van der Waals surface area contributed by atoms with Crippen LogP contribution in [0, 0.1) is 12.8 Å². The normalized spacial score (nSPS) is 27.0. The van der Waals surface area contributed by atoms with Gasteiger partial charge in [0.15, 0.2) is 0 Å². The number of aryl methyl sites for hydroxylation is 1. The number of rotatable bonds is 5. The van der Waals surface area contributed by atoms with Gasteiger partial charge < -0.3 is 25.2 Å². The number of nitrogens with zero attached hydrogens (tertiary/aromatic N) is 3. The molecule has 2 N–H and O–H groups in total. The van der Waals surface area contributed by atoms with E-state index in [0.717, 1.165) is 60.9 Å². The second-order valence-corrected chi connectivity index (χ2v) is 11.6. The van der Waals surface area contributed by atoms with Gasteiger partial charge in [-0.3, -0.25) is 9.69 Å². The van der Waals surface area contributed by atoms with Gasteiger partial charge in [0.05, 0.1) is 16.3 Å². The Balaban J connectivity index is 1.26. The van der Waals surface area contributed by atoms with Crippen molar-refractivity contribution < 1.29 is 14.3 Å². The molecule has 2 aromatic rings. The smallest absolute Gasteiger partial charge is 0.326 e. The van der Waals surface area contributed by atoms with Crippen molar-refractivity contribution in [3.8, 4) is 11.5 Å². The average molecular weight is 520 g/mol. The van der Waals surface area contributed by atoms with Crippen molar-refractivity contribution in [1.29, 1.82) is 0 Å². The first kappa shape index (κ1) is 24.3. The molecule has 3 unspecified atom stereocenters. The maximum atomic E-state index is 13.6. The minimum atomic E-state index is -0.169. The monoisotopic (exact) mass is 519 g/mol. The lowest BCUT2D eigenvalue weighted by Crippen LogP contribution is -2.62. The standard InChI is InChI=1S/C28H33N5O3S/c1-17-15-20(36-19-7-5-4-6-8-19)9-10-21(17)33-22-11-13-29-26-23(22)24(30-28(33)35)25(37-26)27(34)32-14-12-18(16-32)31(2)3/h4-10,15,18,22-23,26,29H,11-14,16H2,1-3H3,(H,30,35)/t18-,22?,23?,26?/m0/s1. The number of carbonyl (C=O) groups is 2. The molecule has 3 amide bonds. The summed E-state index contributed by atoms with van der Waals surface area (Å²) in [7, 11) is 4.12. The summed E-state index contributed by atoms with van der Waals surface area (Å²) in [5, 5.41) is 6.81. The number of likely N-dealkylation sites (N-methyl/N-ethyl adjacent to an activating group) is 1. The molecule has 2 aromatic carbocycles. The molecular weight excluding hydrogens is 486 g/mol. The molecular formula is C28H33N5O3S. The predicted octanol–water partition coefficient (Wildman–Crippen LogP) is 3.74. The van der Waals surface area contributed by atoms with E-state index in [4.69, 9.17) is 4.74 Å². The first-order valence-electron chi connectivity index (χ1n) is 12.9. The van der Waals surface area contributed by atoms with Crippen molar-refractivity contribution in [2.75, 3.05) is 38.6 Å². The molecule has 3 fully saturated rings. The lowest BCUT2D eigenvalue weighted by Gasteiger charge is -2.46. The molecule has 4 aliphatic rings. The Morgan fingerprint density at radius 1 is 1.11 bits per heavy atom. The van der Waals surface area contributed by atoms with Crippen LogP contribution in [-0.2, 0) is 4.79 Å². The van der Waals surface area contributed by atoms with Crippen LogP contribution in [0.3, 0.4) is 0 Å². The van der Waals surface area contributed by atoms with Gasteiger partial charge in [0.25, 0.3) is 5.91 Å². The van der Waals surface area contributed by atoms with E-state index >= 15 is 0 Å². The zero-order chi connectivity index (χ0) is 25.7. The van der Waals surface area contributed by atoms with Crippen molar-refractivity contribution in [3.63, 3.8) is 0 Å². The summed E-state index contributed by atoms with van der Waals surface area (Å²) < 4.78 is 6.01. The highest BCUT2D eigenvalue weighted by atomic mass is 32.2. The van der Waals surface area contributed by atoms with Crippen LogP contribution >= 0.6 is 11.8 Å². The summed E-state index contributed by atoms with van der Waals surface area (Å²) in [5.74, 6) is 1.60. The van der Waals surface area contributed by atoms with Crippen LogP contribution in [-0.4, -0.2) is 72.9 Å². The fraction of sp³-hybridized carbons (Fsp3) is 0.429. The Labute approximate surface area is 222 Å². The summed E-state index contributed by atoms with van der Waals surface area (Å²) in [6, 6.07) is 15.7. The first-order valence-corrected chi connectivity index (χ1v) is 13.8. The Hall–Kier alpha value is -3.01. The zero-order valence-electron chi connectivity index (χ0n) is 21.4. The molecule has 194 valence electrons. The van der Waals surface area contributed by atoms with E-state index < -0.39 is 0 Å². The SMILES string of the molecule is Cc1cc(Oc2ccccc2)ccc1N1C(=O)NC2=C(C(=O)N3CC[C@H](N(C)C)C3)SC3NCCC1C23. The number of nitrogens with one attached hydrogen (secondary N) is 2. The quantitative estimate of drug-likeness (QED) is 0.627. The summed E-state index contributed by atoms with van der Waals surface area (Å²) in [5.41, 5.74) is 2.65. The van der Waals surface area contributed by atoms with Gasteiger partial charge in [-0.05, 0) is 76.3 Å². The second-order valence-electron chi connectivity index (χ2n) is 10.4. The highest BCUT2D eigenvalue weighted by Gasteiger charge is 2.52. The number of amides is 3. The van der Waals surface area contributed by atoms with Gasteiger partial charge in [-0.1, -0.05) is 30.0 Å². The topological polar surface area (TPSA) is 77.2 Å². The van der Waals surface area contributed by atoms with E-state index in [1.165, 1.54) is 0 Å². The number of anilines is 1. The number of hydrogen-bond acceptors (Lipinski definition) is 6. The molecule has 0 radical (unpaired) electrons. The van der Waals surface area contributed by atoms with Crippen molar-refractivity contribution in [2.45, 2.75) is 37.2 Å². The molecule has 0 aromatic heterocycles. The van der Waals surface area contributed by atoms with Crippen molar-refractivity contribution >= 4 is 29.4 Å². The van der Waals surface area contributed by atoms with Gasteiger partial charge >= 0.3 is 6.03 Å². The average Bonchev–Trinajstić information content (AvgIpc) is 3.52. The van der Waals surface area contributed by atoms with E-state index in [2.05, 4.69) is 29.6 Å². The molecule has 37 heavy (non-hydrogen) atoms. The number of thioether (sulfide) groups is 1. The lowest BCUT2D eigenvalue weighted by molar-refractivity contribution is -0.125. The molecule has 9 heteroatoms. The van der Waals surface area contributed by atoms with Gasteiger partial charge in [0, 0.05) is 36.4 Å². The van der Waals surface area contributed by atoms with Crippen LogP contribution in [0.2, 0.25) is 0 Å². The molecule has 0 aliphatic carbocycles. The van der Waals surface area contributed by atoms with E-state index in [-0.39, 0.29) is 29.3 Å². The summed E-state index contributed by atoms with van der Waals surface area (Å²) in [4.78, 5) is 33.9. The van der Waals surface area contributed by atoms with Gasteiger partial charge in [-0.15, -0.1) is 0 Å². The predicted molar refractivity (Wildman–Crippen MR) is 146 cm³/mol. The lowest BCUT2D eigenvalue weighted by atomic mass is 9.86. The third kappa shape index (κ3) is 4.39. The summed E-state index contributed by atoms with van der Waals surface area (Å²) in [6.07, 6.45) is 1.80. The maximum Gasteiger partial charge on any atom is 0.326 e. The maximum absolute atomic E-state index is 13.6. The molecule has 4 atom stereocenters. The number of likely N-dealkylation sites (tertiary alicyclic amines) is 1. The third-order valence-electron chi connectivity index (χ3n) is 7.92. The van der Waals surface area contributed by atoms with Crippen LogP contribution in [0.4, 0.5) is 10.5 Å². The van der Waals surface area contributed by atoms with Gasteiger partial charge in [0.1, 0.15) is 11.5 Å². The van der Waals surface area contributed by atoms with Gasteiger partial charge in [0.2, 0.25) is 0 Å². The largest absolute Gasteiger partial charge is 0.457 e. The fourth-order valence-electron chi connectivity index (χ4n) is 5.97. The first-order chi connectivity index (χ1) is 17.9. The second kappa shape index (κ2) is 9.70. The molecule has 6 rings (SSSR count). The Bertz CT molecular complexity index is 1250. The number of para-hydroxylation sites is 1. The number of piperidine rings is 1. The highest BCUT2D eigenvalue weighted by molar-refractivity contribution is 8.04. The summed E-state index contributed by atoms with van der Waals surface area (Å²) in [6.45, 7) is 4.29. The minimum absolute atomic E-state index is 0.0134. The van der Waals surface area contributed by atoms with E-state index in [1.54, 1.807) is 11.8 Å². The van der Waals surface area contributed by atoms with Crippen molar-refractivity contribution in [2.24, 2.45) is 5.92 Å². The van der Waals surface area contributed by atoms with Gasteiger partial charge in [-0.25, -0.2) is 4.79 Å². The molecule has 0 saturated carbocycles. The van der Waals surface area contributed by atoms with E-state index in [0.29, 0.717) is 10.9 Å².